The molecule has 0 spiro atoms. The van der Waals surface area contributed by atoms with E-state index in [1.54, 1.807) is 0 Å². The fourth-order valence-corrected chi connectivity index (χ4v) is 4.37. The topological polar surface area (TPSA) is 4.36 Å². The maximum atomic E-state index is 6.97. The van der Waals surface area contributed by atoms with Gasteiger partial charge in [-0.05, 0) is 12.2 Å². The van der Waals surface area contributed by atoms with Crippen molar-refractivity contribution in [3.05, 3.63) is 35.7 Å². The number of rotatable bonds is 18. The second-order valence-electron chi connectivity index (χ2n) is 7.76. The highest BCUT2D eigenvalue weighted by Gasteiger charge is 1.97. The normalized spacial score (nSPS) is 10.8. The average Bonchev–Trinajstić information content (AvgIpc) is 2.70. The Morgan fingerprint density at radius 1 is 0.630 bits per heavy atom. The summed E-state index contributed by atoms with van der Waals surface area (Å²) in [6.07, 6.45) is 22.8. The van der Waals surface area contributed by atoms with Crippen molar-refractivity contribution in [3.63, 3.8) is 0 Å². The number of nitrogens with zero attached hydrogens (tertiary/aromatic N) is 1. The first kappa shape index (κ1) is 24.1. The highest BCUT2D eigenvalue weighted by Crippen LogP contribution is 2.23. The van der Waals surface area contributed by atoms with Crippen molar-refractivity contribution < 1.29 is 0 Å². The van der Waals surface area contributed by atoms with Crippen LogP contribution in [0.3, 0.4) is 0 Å². The zero-order valence-corrected chi connectivity index (χ0v) is 18.5. The molecule has 1 aromatic carbocycles. The summed E-state index contributed by atoms with van der Waals surface area (Å²) in [5.41, 5.74) is 0.738. The predicted molar refractivity (Wildman–Crippen MR) is 123 cm³/mol. The van der Waals surface area contributed by atoms with E-state index in [0.29, 0.717) is 0 Å². The van der Waals surface area contributed by atoms with Crippen LogP contribution in [0.15, 0.2) is 29.2 Å². The van der Waals surface area contributed by atoms with Crippen LogP contribution in [0.25, 0.3) is 4.85 Å². The molecule has 27 heavy (non-hydrogen) atoms. The minimum Gasteiger partial charge on any atom is -0.238 e. The highest BCUT2D eigenvalue weighted by atomic mass is 32.2. The van der Waals surface area contributed by atoms with Crippen LogP contribution in [0.5, 0.6) is 0 Å². The van der Waals surface area contributed by atoms with Gasteiger partial charge in [0.25, 0.3) is 0 Å². The fourth-order valence-electron chi connectivity index (χ4n) is 3.46. The van der Waals surface area contributed by atoms with Gasteiger partial charge >= 0.3 is 0 Å². The molecular weight excluding hydrogens is 346 g/mol. The van der Waals surface area contributed by atoms with Crippen molar-refractivity contribution in [2.24, 2.45) is 0 Å². The molecule has 0 heterocycles. The molecule has 0 saturated carbocycles. The molecule has 0 fully saturated rings. The Hall–Kier alpha value is -0.940. The summed E-state index contributed by atoms with van der Waals surface area (Å²) in [4.78, 5) is 4.73. The van der Waals surface area contributed by atoms with Crippen LogP contribution in [0.4, 0.5) is 5.69 Å². The lowest BCUT2D eigenvalue weighted by molar-refractivity contribution is 0.531. The third-order valence-corrected chi connectivity index (χ3v) is 6.33. The smallest absolute Gasteiger partial charge is 0.187 e. The largest absolute Gasteiger partial charge is 0.238 e. The van der Waals surface area contributed by atoms with Gasteiger partial charge in [0.2, 0.25) is 0 Å². The molecule has 0 unspecified atom stereocenters. The number of hydrogen-bond donors (Lipinski definition) is 0. The quantitative estimate of drug-likeness (QED) is 0.138. The summed E-state index contributed by atoms with van der Waals surface area (Å²) in [6.45, 7) is 9.26. The first-order valence-electron chi connectivity index (χ1n) is 11.5. The van der Waals surface area contributed by atoms with E-state index in [9.17, 15) is 0 Å². The maximum absolute atomic E-state index is 6.97. The van der Waals surface area contributed by atoms with Gasteiger partial charge in [-0.15, -0.1) is 11.8 Å². The molecule has 0 saturated heterocycles. The number of unbranched alkanes of at least 4 members (excludes halogenated alkanes) is 15. The van der Waals surface area contributed by atoms with Crippen molar-refractivity contribution >= 4 is 17.4 Å². The van der Waals surface area contributed by atoms with Crippen molar-refractivity contribution in [2.45, 2.75) is 115 Å². The molecular formula is C25H41NS. The average molecular weight is 388 g/mol. The van der Waals surface area contributed by atoms with Gasteiger partial charge in [0.1, 0.15) is 0 Å². The zero-order chi connectivity index (χ0) is 19.4. The SMILES string of the molecule is [C-]#[N+]c1ccc(SCCCCCCCCCCCCCCCCCC)cc1. The summed E-state index contributed by atoms with van der Waals surface area (Å²) >= 11 is 1.92. The second kappa shape index (κ2) is 18.4. The minimum atomic E-state index is 0.738. The van der Waals surface area contributed by atoms with E-state index in [1.807, 2.05) is 23.9 Å². The van der Waals surface area contributed by atoms with E-state index >= 15 is 0 Å². The van der Waals surface area contributed by atoms with Gasteiger partial charge in [0.05, 0.1) is 6.57 Å². The van der Waals surface area contributed by atoms with Crippen molar-refractivity contribution in [2.75, 3.05) is 5.75 Å². The molecule has 1 nitrogen and oxygen atoms in total. The van der Waals surface area contributed by atoms with Gasteiger partial charge in [0.15, 0.2) is 5.69 Å². The van der Waals surface area contributed by atoms with Crippen LogP contribution in [-0.2, 0) is 0 Å². The standard InChI is InChI=1S/C25H41NS/c1-3-4-5-6-7-8-9-10-11-12-13-14-15-16-17-18-23-27-25-21-19-24(26-2)20-22-25/h19-22H,3-18,23H2,1H3. The van der Waals surface area contributed by atoms with E-state index in [1.165, 1.54) is 113 Å². The first-order valence-corrected chi connectivity index (χ1v) is 12.5. The summed E-state index contributed by atoms with van der Waals surface area (Å²) in [5.74, 6) is 1.20. The lowest BCUT2D eigenvalue weighted by Gasteiger charge is -2.04. The molecule has 0 aliphatic rings. The number of hydrogen-bond acceptors (Lipinski definition) is 1. The van der Waals surface area contributed by atoms with Crippen molar-refractivity contribution in [1.82, 2.24) is 0 Å². The van der Waals surface area contributed by atoms with Gasteiger partial charge in [-0.3, -0.25) is 0 Å². The summed E-state index contributed by atoms with van der Waals surface area (Å²) in [6, 6.07) is 7.99. The maximum Gasteiger partial charge on any atom is 0.187 e. The Morgan fingerprint density at radius 3 is 1.44 bits per heavy atom. The van der Waals surface area contributed by atoms with Crippen LogP contribution in [0, 0.1) is 6.57 Å². The van der Waals surface area contributed by atoms with Crippen molar-refractivity contribution in [1.29, 1.82) is 0 Å². The molecule has 0 atom stereocenters. The summed E-state index contributed by atoms with van der Waals surface area (Å²) in [5, 5.41) is 0. The fraction of sp³-hybridized carbons (Fsp3) is 0.720. The molecule has 0 radical (unpaired) electrons. The molecule has 0 N–H and O–H groups in total. The van der Waals surface area contributed by atoms with Crippen LogP contribution in [-0.4, -0.2) is 5.75 Å². The Labute approximate surface area is 173 Å². The van der Waals surface area contributed by atoms with Crippen LogP contribution >= 0.6 is 11.8 Å². The number of benzene rings is 1. The van der Waals surface area contributed by atoms with E-state index in [2.05, 4.69) is 23.9 Å². The molecule has 0 amide bonds. The number of thioether (sulfide) groups is 1. The van der Waals surface area contributed by atoms with Crippen LogP contribution in [0.1, 0.15) is 110 Å². The first-order chi connectivity index (χ1) is 13.4. The zero-order valence-electron chi connectivity index (χ0n) is 17.7. The second-order valence-corrected chi connectivity index (χ2v) is 8.93. The molecule has 2 heteroatoms. The van der Waals surface area contributed by atoms with E-state index in [4.69, 9.17) is 6.57 Å². The molecule has 0 aliphatic heterocycles. The van der Waals surface area contributed by atoms with Crippen molar-refractivity contribution in [3.8, 4) is 0 Å². The molecule has 0 bridgehead atoms. The lowest BCUT2D eigenvalue weighted by atomic mass is 10.0. The van der Waals surface area contributed by atoms with Gasteiger partial charge in [-0.25, -0.2) is 4.85 Å². The Morgan fingerprint density at radius 2 is 1.04 bits per heavy atom. The third-order valence-electron chi connectivity index (χ3n) is 5.23. The molecule has 1 rings (SSSR count). The molecule has 152 valence electrons. The van der Waals surface area contributed by atoms with Gasteiger partial charge in [-0.2, -0.15) is 0 Å². The predicted octanol–water partition coefficient (Wildman–Crippen LogP) is 9.59. The third kappa shape index (κ3) is 14.7. The van der Waals surface area contributed by atoms with Crippen LogP contribution < -0.4 is 0 Å². The molecule has 1 aromatic rings. The lowest BCUT2D eigenvalue weighted by Crippen LogP contribution is -1.84. The van der Waals surface area contributed by atoms with Gasteiger partial charge in [0, 0.05) is 4.90 Å². The summed E-state index contributed by atoms with van der Waals surface area (Å²) in [7, 11) is 0. The highest BCUT2D eigenvalue weighted by molar-refractivity contribution is 7.99. The molecule has 0 aliphatic carbocycles. The van der Waals surface area contributed by atoms with Gasteiger partial charge in [-0.1, -0.05) is 128 Å². The van der Waals surface area contributed by atoms with E-state index in [0.717, 1.165) is 5.69 Å². The van der Waals surface area contributed by atoms with Crippen LogP contribution in [0.2, 0.25) is 0 Å². The minimum absolute atomic E-state index is 0.738. The monoisotopic (exact) mass is 387 g/mol. The van der Waals surface area contributed by atoms with Gasteiger partial charge < -0.3 is 0 Å². The van der Waals surface area contributed by atoms with E-state index in [-0.39, 0.29) is 0 Å². The Balaban J connectivity index is 1.76. The summed E-state index contributed by atoms with van der Waals surface area (Å²) < 4.78 is 0. The Kier molecular flexibility index (Phi) is 16.4. The van der Waals surface area contributed by atoms with E-state index < -0.39 is 0 Å². The molecule has 0 aromatic heterocycles. The Bertz CT molecular complexity index is 474.